The van der Waals surface area contributed by atoms with Gasteiger partial charge in [-0.05, 0) is 38.5 Å². The molecule has 0 aromatic rings. The second-order valence-electron chi connectivity index (χ2n) is 17.4. The predicted molar refractivity (Wildman–Crippen MR) is 244 cm³/mol. The topological polar surface area (TPSA) is 178 Å². The molecule has 1 fully saturated rings. The van der Waals surface area contributed by atoms with Crippen LogP contribution in [0.15, 0.2) is 12.2 Å². The first-order chi connectivity index (χ1) is 29.6. The van der Waals surface area contributed by atoms with E-state index in [4.69, 9.17) is 18.9 Å². The molecule has 0 aromatic carbocycles. The Labute approximate surface area is 372 Å². The molecule has 4 N–H and O–H groups in total. The number of hydrogen-bond acceptors (Lipinski definition) is 11. The van der Waals surface area contributed by atoms with Crippen LogP contribution in [0.3, 0.4) is 0 Å². The van der Waals surface area contributed by atoms with Crippen LogP contribution in [0.2, 0.25) is 0 Å². The van der Waals surface area contributed by atoms with Crippen LogP contribution in [0.5, 0.6) is 0 Å². The number of carbonyl (C=O) groups is 1. The summed E-state index contributed by atoms with van der Waals surface area (Å²) in [4.78, 5) is 12.9. The third-order valence-corrected chi connectivity index (χ3v) is 12.1. The van der Waals surface area contributed by atoms with Crippen molar-refractivity contribution in [2.45, 2.75) is 263 Å². The molecular formula is C48H92O12S. The minimum absolute atomic E-state index is 0.0375. The van der Waals surface area contributed by atoms with Gasteiger partial charge in [0.25, 0.3) is 0 Å². The summed E-state index contributed by atoms with van der Waals surface area (Å²) in [5.41, 5.74) is 0. The highest BCUT2D eigenvalue weighted by Gasteiger charge is 2.48. The average Bonchev–Trinajstić information content (AvgIpc) is 3.23. The lowest BCUT2D eigenvalue weighted by molar-refractivity contribution is -0.301. The van der Waals surface area contributed by atoms with Crippen LogP contribution in [0, 0.1) is 0 Å². The molecule has 0 bridgehead atoms. The third-order valence-electron chi connectivity index (χ3n) is 11.6. The summed E-state index contributed by atoms with van der Waals surface area (Å²) < 4.78 is 59.2. The molecule has 1 rings (SSSR count). The van der Waals surface area contributed by atoms with Crippen LogP contribution in [0.4, 0.5) is 0 Å². The highest BCUT2D eigenvalue weighted by atomic mass is 32.3. The minimum atomic E-state index is -5.06. The van der Waals surface area contributed by atoms with E-state index in [1.165, 1.54) is 154 Å². The fraction of sp³-hybridized carbons (Fsp3) is 0.938. The van der Waals surface area contributed by atoms with Gasteiger partial charge >= 0.3 is 16.4 Å². The Bertz CT molecular complexity index is 1120. The first-order valence-electron chi connectivity index (χ1n) is 24.9. The average molecular weight is 893 g/mol. The Morgan fingerprint density at radius 2 is 1.03 bits per heavy atom. The van der Waals surface area contributed by atoms with Gasteiger partial charge in [0, 0.05) is 13.0 Å². The first-order valence-corrected chi connectivity index (χ1v) is 26.3. The summed E-state index contributed by atoms with van der Waals surface area (Å²) in [5, 5.41) is 30.7. The summed E-state index contributed by atoms with van der Waals surface area (Å²) in [5.74, 6) is -0.396. The predicted octanol–water partition coefficient (Wildman–Crippen LogP) is 11.0. The second kappa shape index (κ2) is 40.4. The summed E-state index contributed by atoms with van der Waals surface area (Å²) in [6.45, 7) is 4.01. The van der Waals surface area contributed by atoms with E-state index >= 15 is 0 Å². The molecule has 0 saturated carbocycles. The number of esters is 1. The molecule has 6 unspecified atom stereocenters. The number of aliphatic hydroxyl groups is 3. The summed E-state index contributed by atoms with van der Waals surface area (Å²) in [7, 11) is -5.06. The number of aliphatic hydroxyl groups excluding tert-OH is 3. The zero-order valence-electron chi connectivity index (χ0n) is 38.7. The monoisotopic (exact) mass is 893 g/mol. The number of allylic oxidation sites excluding steroid dienone is 2. The Balaban J connectivity index is 2.37. The Kier molecular flexibility index (Phi) is 38.3. The normalized spacial score (nSPS) is 20.1. The third kappa shape index (κ3) is 33.9. The van der Waals surface area contributed by atoms with Crippen LogP contribution in [0.25, 0.3) is 0 Å². The van der Waals surface area contributed by atoms with Crippen molar-refractivity contribution < 1.29 is 56.2 Å². The minimum Gasteiger partial charge on any atom is -0.457 e. The second-order valence-corrected chi connectivity index (χ2v) is 18.5. The molecule has 12 nitrogen and oxygen atoms in total. The molecule has 1 aliphatic heterocycles. The van der Waals surface area contributed by atoms with Gasteiger partial charge in [0.05, 0.1) is 19.8 Å². The number of unbranched alkanes of at least 4 members (excludes halogenated alkanes) is 29. The zero-order chi connectivity index (χ0) is 44.7. The summed E-state index contributed by atoms with van der Waals surface area (Å²) in [6, 6.07) is 0. The van der Waals surface area contributed by atoms with E-state index in [1.54, 1.807) is 0 Å². The van der Waals surface area contributed by atoms with Crippen molar-refractivity contribution in [1.29, 1.82) is 0 Å². The summed E-state index contributed by atoms with van der Waals surface area (Å²) >= 11 is 0. The SMILES string of the molecule is CCCCCCCC/C=C\CCCCCCCCOCC(COC1OC(CO)C(O)C(OS(=O)(=O)O)C1O)OC(=O)CCCCCCCCCCCCCCCCCCCC. The van der Waals surface area contributed by atoms with Gasteiger partial charge in [0.2, 0.25) is 0 Å². The van der Waals surface area contributed by atoms with Crippen LogP contribution >= 0.6 is 0 Å². The molecule has 13 heteroatoms. The van der Waals surface area contributed by atoms with Gasteiger partial charge in [-0.2, -0.15) is 8.42 Å². The van der Waals surface area contributed by atoms with E-state index in [0.717, 1.165) is 44.9 Å². The molecule has 0 aromatic heterocycles. The zero-order valence-corrected chi connectivity index (χ0v) is 39.6. The van der Waals surface area contributed by atoms with Gasteiger partial charge in [-0.25, -0.2) is 4.18 Å². The van der Waals surface area contributed by atoms with Gasteiger partial charge in [-0.15, -0.1) is 0 Å². The standard InChI is InChI=1S/C48H92O12S/c1-3-5-7-9-11-13-15-17-19-21-22-23-25-27-29-31-33-35-37-44(50)58-42(41-57-48-46(52)47(60-61(53,54)55)45(51)43(39-49)59-48)40-56-38-36-34-32-30-28-26-24-20-18-16-14-12-10-8-6-4-2/h18,20,42-43,45-49,51-52H,3-17,19,21-41H2,1-2H3,(H,53,54,55)/b20-18-. The lowest BCUT2D eigenvalue weighted by Crippen LogP contribution is -2.60. The van der Waals surface area contributed by atoms with E-state index in [2.05, 4.69) is 30.2 Å². The van der Waals surface area contributed by atoms with E-state index in [1.807, 2.05) is 0 Å². The maximum absolute atomic E-state index is 12.9. The molecule has 1 heterocycles. The molecular weight excluding hydrogens is 801 g/mol. The fourth-order valence-electron chi connectivity index (χ4n) is 7.85. The molecule has 0 radical (unpaired) electrons. The first kappa shape index (κ1) is 57.9. The van der Waals surface area contributed by atoms with Crippen molar-refractivity contribution in [3.05, 3.63) is 12.2 Å². The van der Waals surface area contributed by atoms with E-state index < -0.39 is 59.8 Å². The number of hydrogen-bond donors (Lipinski definition) is 4. The van der Waals surface area contributed by atoms with Crippen molar-refractivity contribution in [2.24, 2.45) is 0 Å². The van der Waals surface area contributed by atoms with Gasteiger partial charge in [0.15, 0.2) is 6.29 Å². The summed E-state index contributed by atoms with van der Waals surface area (Å²) in [6.07, 6.45) is 35.3. The molecule has 1 saturated heterocycles. The highest BCUT2D eigenvalue weighted by Crippen LogP contribution is 2.26. The Morgan fingerprint density at radius 3 is 1.48 bits per heavy atom. The van der Waals surface area contributed by atoms with Crippen molar-refractivity contribution >= 4 is 16.4 Å². The maximum Gasteiger partial charge on any atom is 0.397 e. The fourth-order valence-corrected chi connectivity index (χ4v) is 8.35. The Morgan fingerprint density at radius 1 is 0.607 bits per heavy atom. The number of ether oxygens (including phenoxy) is 4. The smallest absolute Gasteiger partial charge is 0.397 e. The maximum atomic E-state index is 12.9. The van der Waals surface area contributed by atoms with Crippen molar-refractivity contribution in [3.63, 3.8) is 0 Å². The number of carbonyl (C=O) groups excluding carboxylic acids is 1. The van der Waals surface area contributed by atoms with Gasteiger partial charge in [-0.3, -0.25) is 9.35 Å². The van der Waals surface area contributed by atoms with E-state index in [0.29, 0.717) is 13.0 Å². The largest absolute Gasteiger partial charge is 0.457 e. The van der Waals surface area contributed by atoms with Gasteiger partial charge in [0.1, 0.15) is 30.5 Å². The highest BCUT2D eigenvalue weighted by molar-refractivity contribution is 7.80. The molecule has 6 atom stereocenters. The van der Waals surface area contributed by atoms with Crippen molar-refractivity contribution in [1.82, 2.24) is 0 Å². The Hall–Kier alpha value is -1.16. The molecule has 0 amide bonds. The van der Waals surface area contributed by atoms with Crippen molar-refractivity contribution in [3.8, 4) is 0 Å². The van der Waals surface area contributed by atoms with Gasteiger partial charge < -0.3 is 34.3 Å². The van der Waals surface area contributed by atoms with Crippen molar-refractivity contribution in [2.75, 3.05) is 26.4 Å². The van der Waals surface area contributed by atoms with E-state index in [9.17, 15) is 33.1 Å². The number of rotatable bonds is 44. The van der Waals surface area contributed by atoms with Crippen LogP contribution < -0.4 is 0 Å². The molecule has 1 aliphatic rings. The molecule has 0 aliphatic carbocycles. The molecule has 0 spiro atoms. The van der Waals surface area contributed by atoms with E-state index in [-0.39, 0.29) is 19.6 Å². The van der Waals surface area contributed by atoms with Crippen LogP contribution in [-0.4, -0.2) is 97.5 Å². The quantitative estimate of drug-likeness (QED) is 0.0197. The lowest BCUT2D eigenvalue weighted by Gasteiger charge is -2.41. The lowest BCUT2D eigenvalue weighted by atomic mass is 9.99. The van der Waals surface area contributed by atoms with Crippen LogP contribution in [-0.2, 0) is 38.3 Å². The van der Waals surface area contributed by atoms with Crippen LogP contribution in [0.1, 0.15) is 226 Å². The molecule has 362 valence electrons. The molecule has 61 heavy (non-hydrogen) atoms. The van der Waals surface area contributed by atoms with Gasteiger partial charge in [-0.1, -0.05) is 193 Å².